The molecule has 0 saturated heterocycles. The van der Waals surface area contributed by atoms with Gasteiger partial charge in [-0.1, -0.05) is 5.92 Å². The van der Waals surface area contributed by atoms with E-state index in [-0.39, 0.29) is 12.4 Å². The zero-order valence-corrected chi connectivity index (χ0v) is 12.9. The Morgan fingerprint density at radius 3 is 2.81 bits per heavy atom. The Balaban J connectivity index is 2.29. The van der Waals surface area contributed by atoms with Crippen LogP contribution in [-0.4, -0.2) is 28.4 Å². The molecule has 21 heavy (non-hydrogen) atoms. The van der Waals surface area contributed by atoms with Crippen molar-refractivity contribution in [2.45, 2.75) is 25.6 Å². The van der Waals surface area contributed by atoms with Crippen LogP contribution in [0.3, 0.4) is 0 Å². The van der Waals surface area contributed by atoms with E-state index in [0.29, 0.717) is 5.75 Å². The molecule has 0 saturated carbocycles. The summed E-state index contributed by atoms with van der Waals surface area (Å²) in [6.45, 7) is 3.99. The first-order valence-corrected chi connectivity index (χ1v) is 7.70. The molecular weight excluding hydrogens is 294 g/mol. The lowest BCUT2D eigenvalue weighted by Crippen LogP contribution is -2.34. The number of rotatable bonds is 5. The maximum Gasteiger partial charge on any atom is 0.382 e. The number of benzene rings is 1. The van der Waals surface area contributed by atoms with Crippen molar-refractivity contribution in [3.8, 4) is 23.8 Å². The third-order valence-corrected chi connectivity index (χ3v) is 4.15. The minimum atomic E-state index is -3.80. The summed E-state index contributed by atoms with van der Waals surface area (Å²) in [7, 11) is -2.53. The van der Waals surface area contributed by atoms with E-state index in [4.69, 9.17) is 20.1 Å². The van der Waals surface area contributed by atoms with Crippen molar-refractivity contribution >= 4 is 10.3 Å². The van der Waals surface area contributed by atoms with Crippen molar-refractivity contribution in [1.29, 1.82) is 0 Å². The molecule has 1 aromatic carbocycles. The van der Waals surface area contributed by atoms with Crippen LogP contribution < -0.4 is 13.6 Å². The molecule has 1 N–H and O–H groups in total. The van der Waals surface area contributed by atoms with Crippen LogP contribution in [0.2, 0.25) is 0 Å². The van der Waals surface area contributed by atoms with E-state index in [1.54, 1.807) is 12.1 Å². The van der Waals surface area contributed by atoms with Gasteiger partial charge in [-0.3, -0.25) is 0 Å². The van der Waals surface area contributed by atoms with E-state index in [1.165, 1.54) is 13.1 Å². The third kappa shape index (κ3) is 3.13. The molecule has 0 bridgehead atoms. The lowest BCUT2D eigenvalue weighted by atomic mass is 9.85. The van der Waals surface area contributed by atoms with Crippen molar-refractivity contribution in [1.82, 2.24) is 4.72 Å². The summed E-state index contributed by atoms with van der Waals surface area (Å²) in [5, 5.41) is 0. The van der Waals surface area contributed by atoms with Gasteiger partial charge in [-0.2, -0.15) is 13.1 Å². The predicted octanol–water partition coefficient (Wildman–Crippen LogP) is 1.18. The Bertz CT molecular complexity index is 675. The van der Waals surface area contributed by atoms with Crippen LogP contribution in [0.5, 0.6) is 11.5 Å². The average Bonchev–Trinajstić information content (AvgIpc) is 2.67. The van der Waals surface area contributed by atoms with Gasteiger partial charge in [-0.15, -0.1) is 6.42 Å². The first kappa shape index (κ1) is 15.6. The van der Waals surface area contributed by atoms with Crippen molar-refractivity contribution < 1.29 is 22.1 Å². The molecule has 7 heteroatoms. The second-order valence-electron chi connectivity index (χ2n) is 5.09. The van der Waals surface area contributed by atoms with Gasteiger partial charge < -0.3 is 13.7 Å². The van der Waals surface area contributed by atoms with Gasteiger partial charge in [0.15, 0.2) is 0 Å². The fourth-order valence-electron chi connectivity index (χ4n) is 2.09. The topological polar surface area (TPSA) is 73.9 Å². The molecule has 0 aromatic heterocycles. The second kappa shape index (κ2) is 5.56. The van der Waals surface area contributed by atoms with Crippen molar-refractivity contribution in [2.75, 3.05) is 13.7 Å². The molecule has 0 aliphatic carbocycles. The highest BCUT2D eigenvalue weighted by molar-refractivity contribution is 7.85. The fraction of sp³-hybridized carbons (Fsp3) is 0.429. The standard InChI is InChI=1S/C14H17NO5S/c1-5-8-18-13-14(2,3)11-9-10(6-7-12(11)19-13)20-21(16,17)15-4/h1,6-7,9,13,15H,8H2,2-4H3. The first-order valence-electron chi connectivity index (χ1n) is 6.29. The number of hydrogen-bond donors (Lipinski definition) is 1. The molecule has 0 fully saturated rings. The number of hydrogen-bond acceptors (Lipinski definition) is 5. The van der Waals surface area contributed by atoms with E-state index in [2.05, 4.69) is 10.6 Å². The second-order valence-corrected chi connectivity index (χ2v) is 6.57. The summed E-state index contributed by atoms with van der Waals surface area (Å²) in [5.41, 5.74) is 0.322. The fourth-order valence-corrected chi connectivity index (χ4v) is 2.53. The van der Waals surface area contributed by atoms with Crippen LogP contribution in [0.15, 0.2) is 18.2 Å². The van der Waals surface area contributed by atoms with Gasteiger partial charge in [0.1, 0.15) is 18.1 Å². The van der Waals surface area contributed by atoms with E-state index in [0.717, 1.165) is 5.56 Å². The molecule has 0 amide bonds. The van der Waals surface area contributed by atoms with Crippen LogP contribution in [0.4, 0.5) is 0 Å². The zero-order valence-electron chi connectivity index (χ0n) is 12.0. The quantitative estimate of drug-likeness (QED) is 0.827. The average molecular weight is 311 g/mol. The van der Waals surface area contributed by atoms with E-state index in [9.17, 15) is 8.42 Å². The highest BCUT2D eigenvalue weighted by atomic mass is 32.2. The highest BCUT2D eigenvalue weighted by Crippen LogP contribution is 2.44. The maximum atomic E-state index is 11.4. The SMILES string of the molecule is C#CCOC1Oc2ccc(OS(=O)(=O)NC)cc2C1(C)C. The molecule has 0 radical (unpaired) electrons. The Kier molecular flexibility index (Phi) is 4.14. The van der Waals surface area contributed by atoms with Crippen molar-refractivity contribution in [3.05, 3.63) is 23.8 Å². The van der Waals surface area contributed by atoms with Crippen molar-refractivity contribution in [3.63, 3.8) is 0 Å². The Morgan fingerprint density at radius 2 is 2.19 bits per heavy atom. The molecule has 1 aromatic rings. The van der Waals surface area contributed by atoms with Gasteiger partial charge in [0, 0.05) is 12.6 Å². The third-order valence-electron chi connectivity index (χ3n) is 3.24. The first-order chi connectivity index (χ1) is 9.80. The van der Waals surface area contributed by atoms with Crippen LogP contribution in [-0.2, 0) is 20.5 Å². The predicted molar refractivity (Wildman–Crippen MR) is 77.3 cm³/mol. The lowest BCUT2D eigenvalue weighted by molar-refractivity contribution is -0.0907. The molecule has 1 atom stereocenters. The van der Waals surface area contributed by atoms with Crippen LogP contribution in [0.1, 0.15) is 19.4 Å². The van der Waals surface area contributed by atoms with Gasteiger partial charge in [0.2, 0.25) is 6.29 Å². The van der Waals surface area contributed by atoms with Gasteiger partial charge in [-0.05, 0) is 32.0 Å². The number of ether oxygens (including phenoxy) is 2. The van der Waals surface area contributed by atoms with Gasteiger partial charge in [0.05, 0.1) is 5.41 Å². The lowest BCUT2D eigenvalue weighted by Gasteiger charge is -2.25. The molecule has 114 valence electrons. The smallest absolute Gasteiger partial charge is 0.382 e. The normalized spacial score (nSPS) is 19.4. The maximum absolute atomic E-state index is 11.4. The molecular formula is C14H17NO5S. The van der Waals surface area contributed by atoms with Crippen LogP contribution >= 0.6 is 0 Å². The summed E-state index contributed by atoms with van der Waals surface area (Å²) in [6, 6.07) is 4.80. The summed E-state index contributed by atoms with van der Waals surface area (Å²) < 4.78 is 41.0. The molecule has 2 rings (SSSR count). The minimum absolute atomic E-state index is 0.138. The van der Waals surface area contributed by atoms with E-state index >= 15 is 0 Å². The zero-order chi connectivity index (χ0) is 15.7. The van der Waals surface area contributed by atoms with Gasteiger partial charge >= 0.3 is 10.3 Å². The summed E-state index contributed by atoms with van der Waals surface area (Å²) in [4.78, 5) is 0. The largest absolute Gasteiger partial charge is 0.464 e. The molecule has 1 heterocycles. The summed E-state index contributed by atoms with van der Waals surface area (Å²) in [5.74, 6) is 3.22. The molecule has 1 aliphatic rings. The highest BCUT2D eigenvalue weighted by Gasteiger charge is 2.42. The Hall–Kier alpha value is -1.75. The van der Waals surface area contributed by atoms with Crippen LogP contribution in [0.25, 0.3) is 0 Å². The summed E-state index contributed by atoms with van der Waals surface area (Å²) in [6.07, 6.45) is 4.66. The van der Waals surface area contributed by atoms with Gasteiger partial charge in [0.25, 0.3) is 0 Å². The monoisotopic (exact) mass is 311 g/mol. The molecule has 6 nitrogen and oxygen atoms in total. The molecule has 1 aliphatic heterocycles. The number of fused-ring (bicyclic) bond motifs is 1. The van der Waals surface area contributed by atoms with Gasteiger partial charge in [-0.25, -0.2) is 0 Å². The Morgan fingerprint density at radius 1 is 1.48 bits per heavy atom. The summed E-state index contributed by atoms with van der Waals surface area (Å²) >= 11 is 0. The van der Waals surface area contributed by atoms with Crippen molar-refractivity contribution in [2.24, 2.45) is 0 Å². The number of terminal acetylenes is 1. The Labute approximate surface area is 124 Å². The van der Waals surface area contributed by atoms with E-state index in [1.807, 2.05) is 13.8 Å². The van der Waals surface area contributed by atoms with E-state index < -0.39 is 22.0 Å². The minimum Gasteiger partial charge on any atom is -0.464 e. The number of nitrogens with one attached hydrogen (secondary N) is 1. The molecule has 0 spiro atoms. The van der Waals surface area contributed by atoms with Crippen LogP contribution in [0, 0.1) is 12.3 Å². The molecule has 1 unspecified atom stereocenters.